The van der Waals surface area contributed by atoms with Crippen molar-refractivity contribution in [2.45, 2.75) is 64.3 Å². The molecule has 0 spiro atoms. The van der Waals surface area contributed by atoms with E-state index in [0.29, 0.717) is 18.5 Å². The van der Waals surface area contributed by atoms with Crippen LogP contribution in [0.15, 0.2) is 60.8 Å². The van der Waals surface area contributed by atoms with Crippen molar-refractivity contribution in [3.63, 3.8) is 0 Å². The van der Waals surface area contributed by atoms with Gasteiger partial charge in [0.2, 0.25) is 23.6 Å². The lowest BCUT2D eigenvalue weighted by atomic mass is 9.98. The number of nitrogens with one attached hydrogen (secondary N) is 3. The maximum absolute atomic E-state index is 13.4. The van der Waals surface area contributed by atoms with E-state index >= 15 is 0 Å². The van der Waals surface area contributed by atoms with E-state index in [1.165, 1.54) is 11.8 Å². The van der Waals surface area contributed by atoms with Gasteiger partial charge in [-0.2, -0.15) is 0 Å². The molecule has 1 aliphatic heterocycles. The van der Waals surface area contributed by atoms with Crippen molar-refractivity contribution >= 4 is 46.8 Å². The van der Waals surface area contributed by atoms with Crippen molar-refractivity contribution in [3.05, 3.63) is 60.8 Å². The predicted octanol–water partition coefficient (Wildman–Crippen LogP) is 2.08. The number of fused-ring (bicyclic) bond motifs is 1. The van der Waals surface area contributed by atoms with Crippen LogP contribution < -0.4 is 20.7 Å². The van der Waals surface area contributed by atoms with E-state index in [4.69, 9.17) is 9.84 Å². The number of hydrogen-bond donors (Lipinski definition) is 4. The third kappa shape index (κ3) is 9.12. The number of carbonyl (C=O) groups is 6. The highest BCUT2D eigenvalue weighted by molar-refractivity contribution is 5.94. The largest absolute Gasteiger partial charge is 0.488 e. The Hall–Kier alpha value is -5.33. The van der Waals surface area contributed by atoms with Crippen molar-refractivity contribution in [2.75, 3.05) is 13.1 Å². The molecule has 0 unspecified atom stereocenters. The number of aliphatic carboxylic acids is 1. The molecule has 0 radical (unpaired) electrons. The number of carboxylic acid groups (broad SMARTS) is 1. The lowest BCUT2D eigenvalue weighted by Crippen LogP contribution is -2.54. The van der Waals surface area contributed by atoms with Gasteiger partial charge in [0.1, 0.15) is 30.2 Å². The highest BCUT2D eigenvalue weighted by Gasteiger charge is 2.41. The normalized spacial score (nSPS) is 17.6. The monoisotopic (exact) mass is 645 g/mol. The summed E-state index contributed by atoms with van der Waals surface area (Å²) in [5.41, 5.74) is 2.69. The number of benzene rings is 2. The molecule has 248 valence electrons. The van der Waals surface area contributed by atoms with Gasteiger partial charge in [0.25, 0.3) is 0 Å². The molecule has 0 bridgehead atoms. The lowest BCUT2D eigenvalue weighted by molar-refractivity contribution is -0.141. The van der Waals surface area contributed by atoms with Crippen LogP contribution in [0.5, 0.6) is 5.75 Å². The lowest BCUT2D eigenvalue weighted by Gasteiger charge is -2.26. The highest BCUT2D eigenvalue weighted by atomic mass is 16.5. The molecule has 3 aromatic rings. The first-order valence-electron chi connectivity index (χ1n) is 15.4. The molecule has 47 heavy (non-hydrogen) atoms. The zero-order chi connectivity index (χ0) is 34.1. The number of aldehydes is 1. The number of nitrogens with zero attached hydrogens (tertiary/aromatic N) is 2. The zero-order valence-corrected chi connectivity index (χ0v) is 26.5. The molecule has 13 nitrogen and oxygen atoms in total. The number of rotatable bonds is 14. The number of ether oxygens (including phenoxy) is 1. The molecule has 0 saturated carbocycles. The molecule has 13 heteroatoms. The van der Waals surface area contributed by atoms with E-state index < -0.39 is 60.9 Å². The Morgan fingerprint density at radius 2 is 1.83 bits per heavy atom. The molecular formula is C34H39N5O8. The summed E-state index contributed by atoms with van der Waals surface area (Å²) in [5.74, 6) is -3.21. The summed E-state index contributed by atoms with van der Waals surface area (Å²) in [4.78, 5) is 79.6. The van der Waals surface area contributed by atoms with Gasteiger partial charge in [-0.15, -0.1) is 0 Å². The average molecular weight is 646 g/mol. The minimum Gasteiger partial charge on any atom is -0.488 e. The van der Waals surface area contributed by atoms with E-state index in [1.807, 2.05) is 55.5 Å². The van der Waals surface area contributed by atoms with E-state index in [0.717, 1.165) is 22.0 Å². The Labute approximate surface area is 272 Å². The fourth-order valence-corrected chi connectivity index (χ4v) is 5.50. The number of hydrogen-bond acceptors (Lipinski definition) is 8. The van der Waals surface area contributed by atoms with Gasteiger partial charge in [-0.1, -0.05) is 44.5 Å². The number of aromatic nitrogens is 1. The van der Waals surface area contributed by atoms with Crippen LogP contribution in [0.2, 0.25) is 0 Å². The van der Waals surface area contributed by atoms with Crippen LogP contribution in [0.3, 0.4) is 0 Å². The van der Waals surface area contributed by atoms with Crippen LogP contribution in [0.25, 0.3) is 22.0 Å². The molecule has 4 N–H and O–H groups in total. The minimum absolute atomic E-state index is 0.0101. The van der Waals surface area contributed by atoms with Crippen LogP contribution in [-0.4, -0.2) is 88.2 Å². The summed E-state index contributed by atoms with van der Waals surface area (Å²) >= 11 is 0. The van der Waals surface area contributed by atoms with Crippen LogP contribution in [0.1, 0.15) is 40.0 Å². The number of amides is 4. The summed E-state index contributed by atoms with van der Waals surface area (Å²) < 4.78 is 6.25. The number of carbonyl (C=O) groups excluding carboxylic acids is 5. The van der Waals surface area contributed by atoms with Crippen molar-refractivity contribution in [1.82, 2.24) is 25.8 Å². The summed E-state index contributed by atoms with van der Waals surface area (Å²) in [6.07, 6.45) is 1.46. The van der Waals surface area contributed by atoms with Gasteiger partial charge >= 0.3 is 5.97 Å². The first-order valence-corrected chi connectivity index (χ1v) is 15.4. The summed E-state index contributed by atoms with van der Waals surface area (Å²) in [7, 11) is 0. The second-order valence-electron chi connectivity index (χ2n) is 11.6. The maximum atomic E-state index is 13.4. The third-order valence-electron chi connectivity index (χ3n) is 8.11. The Balaban J connectivity index is 1.51. The Kier molecular flexibility index (Phi) is 11.6. The molecule has 1 aliphatic rings. The van der Waals surface area contributed by atoms with Crippen molar-refractivity contribution in [2.24, 2.45) is 5.92 Å². The van der Waals surface area contributed by atoms with Gasteiger partial charge in [0.05, 0.1) is 31.1 Å². The van der Waals surface area contributed by atoms with Gasteiger partial charge in [-0.05, 0) is 47.4 Å². The molecule has 4 amide bonds. The smallest absolute Gasteiger partial charge is 0.305 e. The predicted molar refractivity (Wildman–Crippen MR) is 172 cm³/mol. The van der Waals surface area contributed by atoms with Gasteiger partial charge in [-0.25, -0.2) is 0 Å². The SMILES string of the molecule is CC[C@H](C)[C@H](NC(C)=O)C(=O)NCC(=O)N1C[C@@H](Oc2cccc(-c3ccc4ncccc4c3)c2)C[C@H]1C(=O)N[C@H](C=O)CC(=O)O. The topological polar surface area (TPSA) is 184 Å². The number of carboxylic acids is 1. The molecule has 2 heterocycles. The fourth-order valence-electron chi connectivity index (χ4n) is 5.50. The average Bonchev–Trinajstić information content (AvgIpc) is 3.48. The first kappa shape index (κ1) is 34.5. The Morgan fingerprint density at radius 1 is 1.06 bits per heavy atom. The molecule has 4 rings (SSSR count). The van der Waals surface area contributed by atoms with Crippen LogP contribution in [0, 0.1) is 5.92 Å². The molecular weight excluding hydrogens is 606 g/mol. The van der Waals surface area contributed by atoms with Crippen molar-refractivity contribution in [3.8, 4) is 16.9 Å². The molecule has 1 fully saturated rings. The molecule has 1 aromatic heterocycles. The maximum Gasteiger partial charge on any atom is 0.305 e. The summed E-state index contributed by atoms with van der Waals surface area (Å²) in [6, 6.07) is 13.9. The third-order valence-corrected chi connectivity index (χ3v) is 8.11. The van der Waals surface area contributed by atoms with Crippen LogP contribution in [0.4, 0.5) is 0 Å². The number of likely N-dealkylation sites (tertiary alicyclic amines) is 1. The van der Waals surface area contributed by atoms with Crippen LogP contribution >= 0.6 is 0 Å². The minimum atomic E-state index is -1.29. The number of pyridine rings is 1. The second kappa shape index (κ2) is 15.8. The Bertz CT molecular complexity index is 1650. The molecule has 2 aromatic carbocycles. The zero-order valence-electron chi connectivity index (χ0n) is 26.5. The Morgan fingerprint density at radius 3 is 2.53 bits per heavy atom. The first-order chi connectivity index (χ1) is 22.5. The van der Waals surface area contributed by atoms with Gasteiger partial charge < -0.3 is 35.5 Å². The van der Waals surface area contributed by atoms with Crippen LogP contribution in [-0.2, 0) is 28.8 Å². The molecule has 1 saturated heterocycles. The van der Waals surface area contributed by atoms with E-state index in [1.54, 1.807) is 19.2 Å². The van der Waals surface area contributed by atoms with Crippen molar-refractivity contribution < 1.29 is 38.6 Å². The molecule has 0 aliphatic carbocycles. The fraction of sp³-hybridized carbons (Fsp3) is 0.382. The van der Waals surface area contributed by atoms with Crippen molar-refractivity contribution in [1.29, 1.82) is 0 Å². The summed E-state index contributed by atoms with van der Waals surface area (Å²) in [5, 5.41) is 17.7. The summed E-state index contributed by atoms with van der Waals surface area (Å²) in [6.45, 7) is 4.51. The molecule has 5 atom stereocenters. The van der Waals surface area contributed by atoms with E-state index in [9.17, 15) is 28.8 Å². The second-order valence-corrected chi connectivity index (χ2v) is 11.6. The quantitative estimate of drug-likeness (QED) is 0.191. The highest BCUT2D eigenvalue weighted by Crippen LogP contribution is 2.29. The van der Waals surface area contributed by atoms with E-state index in [2.05, 4.69) is 20.9 Å². The van der Waals surface area contributed by atoms with Gasteiger partial charge in [0, 0.05) is 24.9 Å². The van der Waals surface area contributed by atoms with Gasteiger partial charge in [0.15, 0.2) is 0 Å². The standard InChI is InChI=1S/C34H39N5O8/c1-4-20(2)32(37-21(3)41)34(46)36-17-30(42)39-18-27(16-29(39)33(45)38-25(19-40)15-31(43)44)47-26-9-5-7-22(14-26)23-10-11-28-24(13-23)8-6-12-35-28/h5-14,19-20,25,27,29,32H,4,15-18H2,1-3H3,(H,36,46)(H,37,41)(H,38,45)(H,43,44)/t20-,25-,27-,29-,32-/m0/s1. The van der Waals surface area contributed by atoms with E-state index in [-0.39, 0.29) is 24.8 Å². The van der Waals surface area contributed by atoms with Gasteiger partial charge in [-0.3, -0.25) is 29.0 Å².